The molecule has 74 valence electrons. The van der Waals surface area contributed by atoms with Crippen molar-refractivity contribution < 1.29 is 19.1 Å². The third kappa shape index (κ3) is 4.69. The number of thiol groups is 1. The van der Waals surface area contributed by atoms with Crippen LogP contribution >= 0.6 is 12.6 Å². The third-order valence-corrected chi connectivity index (χ3v) is 1.43. The highest BCUT2D eigenvalue weighted by Crippen LogP contribution is 2.02. The lowest BCUT2D eigenvalue weighted by molar-refractivity contribution is -0.161. The number of rotatable bonds is 4. The van der Waals surface area contributed by atoms with Crippen LogP contribution in [0.4, 0.5) is 0 Å². The van der Waals surface area contributed by atoms with Crippen molar-refractivity contribution in [2.45, 2.75) is 19.3 Å². The van der Waals surface area contributed by atoms with Gasteiger partial charge in [0.2, 0.25) is 0 Å². The number of ether oxygens (including phenoxy) is 2. The van der Waals surface area contributed by atoms with Gasteiger partial charge in [0, 0.05) is 12.2 Å². The molecule has 0 N–H and O–H groups in total. The second kappa shape index (κ2) is 5.77. The highest BCUT2D eigenvalue weighted by Gasteiger charge is 2.19. The van der Waals surface area contributed by atoms with E-state index in [1.807, 2.05) is 0 Å². The van der Waals surface area contributed by atoms with Crippen molar-refractivity contribution >= 4 is 24.6 Å². The number of esters is 2. The van der Waals surface area contributed by atoms with E-state index >= 15 is 0 Å². The molecule has 0 aliphatic rings. The van der Waals surface area contributed by atoms with Gasteiger partial charge in [-0.25, -0.2) is 9.59 Å². The Bertz CT molecular complexity index is 224. The predicted octanol–water partition coefficient (Wildman–Crippen LogP) is 0.925. The number of hydrogen-bond acceptors (Lipinski definition) is 5. The minimum absolute atomic E-state index is 0.158. The number of carbonyl (C=O) groups is 2. The average Bonchev–Trinajstić information content (AvgIpc) is 2.04. The zero-order valence-electron chi connectivity index (χ0n) is 7.57. The molecule has 0 spiro atoms. The van der Waals surface area contributed by atoms with Gasteiger partial charge in [0.15, 0.2) is 5.44 Å². The van der Waals surface area contributed by atoms with Crippen LogP contribution in [0.25, 0.3) is 0 Å². The molecule has 0 heterocycles. The van der Waals surface area contributed by atoms with Gasteiger partial charge in [-0.1, -0.05) is 6.58 Å². The van der Waals surface area contributed by atoms with Gasteiger partial charge in [-0.05, 0) is 13.8 Å². The Kier molecular flexibility index (Phi) is 5.41. The fourth-order valence-corrected chi connectivity index (χ4v) is 0.657. The minimum atomic E-state index is -1.02. The SMILES string of the molecule is C=C(C)C(=O)OC(=O)C(S)OCC. The molecule has 0 saturated carbocycles. The van der Waals surface area contributed by atoms with E-state index in [1.54, 1.807) is 6.92 Å². The Morgan fingerprint density at radius 2 is 2.08 bits per heavy atom. The molecule has 0 fully saturated rings. The first kappa shape index (κ1) is 12.2. The monoisotopic (exact) mass is 204 g/mol. The van der Waals surface area contributed by atoms with Crippen LogP contribution in [0.5, 0.6) is 0 Å². The molecule has 0 bridgehead atoms. The van der Waals surface area contributed by atoms with Crippen molar-refractivity contribution in [2.24, 2.45) is 0 Å². The molecule has 0 aliphatic carbocycles. The van der Waals surface area contributed by atoms with Gasteiger partial charge in [-0.15, -0.1) is 12.6 Å². The molecule has 0 radical (unpaired) electrons. The fourth-order valence-electron chi connectivity index (χ4n) is 0.455. The van der Waals surface area contributed by atoms with E-state index in [9.17, 15) is 9.59 Å². The molecule has 0 saturated heterocycles. The van der Waals surface area contributed by atoms with Crippen molar-refractivity contribution in [3.05, 3.63) is 12.2 Å². The normalized spacial score (nSPS) is 11.9. The minimum Gasteiger partial charge on any atom is -0.387 e. The van der Waals surface area contributed by atoms with Gasteiger partial charge in [0.1, 0.15) is 0 Å². The standard InChI is InChI=1S/C8H12O4S/c1-4-11-8(13)7(10)12-6(9)5(2)3/h8,13H,2,4H2,1,3H3. The topological polar surface area (TPSA) is 52.6 Å². The van der Waals surface area contributed by atoms with Gasteiger partial charge < -0.3 is 9.47 Å². The lowest BCUT2D eigenvalue weighted by Gasteiger charge is -2.08. The molecule has 0 rings (SSSR count). The van der Waals surface area contributed by atoms with Crippen molar-refractivity contribution in [1.29, 1.82) is 0 Å². The average molecular weight is 204 g/mol. The molecule has 0 amide bonds. The lowest BCUT2D eigenvalue weighted by Crippen LogP contribution is -2.24. The second-order valence-corrected chi connectivity index (χ2v) is 2.77. The van der Waals surface area contributed by atoms with Crippen LogP contribution in [0, 0.1) is 0 Å². The summed E-state index contributed by atoms with van der Waals surface area (Å²) in [6.45, 7) is 6.80. The summed E-state index contributed by atoms with van der Waals surface area (Å²) in [5.74, 6) is -1.58. The van der Waals surface area contributed by atoms with Crippen molar-refractivity contribution in [1.82, 2.24) is 0 Å². The molecule has 13 heavy (non-hydrogen) atoms. The van der Waals surface area contributed by atoms with E-state index in [0.717, 1.165) is 0 Å². The molecular weight excluding hydrogens is 192 g/mol. The summed E-state index contributed by atoms with van der Waals surface area (Å²) in [5, 5.41) is 0. The third-order valence-electron chi connectivity index (χ3n) is 1.07. The molecule has 5 heteroatoms. The summed E-state index contributed by atoms with van der Waals surface area (Å²) < 4.78 is 9.14. The first-order chi connectivity index (χ1) is 5.99. The van der Waals surface area contributed by atoms with Crippen LogP contribution in [0.3, 0.4) is 0 Å². The summed E-state index contributed by atoms with van der Waals surface area (Å²) in [5.41, 5.74) is -0.862. The Morgan fingerprint density at radius 1 is 1.54 bits per heavy atom. The van der Waals surface area contributed by atoms with Gasteiger partial charge in [0.25, 0.3) is 0 Å². The van der Waals surface area contributed by atoms with Gasteiger partial charge >= 0.3 is 11.9 Å². The summed E-state index contributed by atoms with van der Waals surface area (Å²) in [6.07, 6.45) is 0. The summed E-state index contributed by atoms with van der Waals surface area (Å²) in [7, 11) is 0. The number of carbonyl (C=O) groups excluding carboxylic acids is 2. The highest BCUT2D eigenvalue weighted by molar-refractivity contribution is 7.81. The van der Waals surface area contributed by atoms with Gasteiger partial charge in [0.05, 0.1) is 0 Å². The van der Waals surface area contributed by atoms with E-state index in [-0.39, 0.29) is 5.57 Å². The Balaban J connectivity index is 4.00. The lowest BCUT2D eigenvalue weighted by atomic mass is 10.4. The first-order valence-corrected chi connectivity index (χ1v) is 4.21. The van der Waals surface area contributed by atoms with Crippen LogP contribution in [-0.4, -0.2) is 24.0 Å². The maximum atomic E-state index is 11.0. The molecule has 0 aromatic carbocycles. The van der Waals surface area contributed by atoms with E-state index in [0.29, 0.717) is 6.61 Å². The first-order valence-electron chi connectivity index (χ1n) is 3.70. The zero-order chi connectivity index (χ0) is 10.4. The van der Waals surface area contributed by atoms with Gasteiger partial charge in [-0.2, -0.15) is 0 Å². The summed E-state index contributed by atoms with van der Waals surface area (Å²) >= 11 is 3.77. The van der Waals surface area contributed by atoms with Crippen LogP contribution in [0.15, 0.2) is 12.2 Å². The maximum absolute atomic E-state index is 11.0. The molecule has 0 aromatic heterocycles. The van der Waals surface area contributed by atoms with E-state index in [2.05, 4.69) is 23.9 Å². The van der Waals surface area contributed by atoms with Crippen molar-refractivity contribution in [3.8, 4) is 0 Å². The number of hydrogen-bond donors (Lipinski definition) is 1. The predicted molar refractivity (Wildman–Crippen MR) is 50.3 cm³/mol. The summed E-state index contributed by atoms with van der Waals surface area (Å²) in [6, 6.07) is 0. The van der Waals surface area contributed by atoms with Crippen LogP contribution < -0.4 is 0 Å². The quantitative estimate of drug-likeness (QED) is 0.243. The fraction of sp³-hybridized carbons (Fsp3) is 0.500. The Labute approximate surface area is 82.3 Å². The zero-order valence-corrected chi connectivity index (χ0v) is 8.47. The maximum Gasteiger partial charge on any atom is 0.353 e. The molecule has 0 aliphatic heterocycles. The van der Waals surface area contributed by atoms with E-state index < -0.39 is 17.4 Å². The molecule has 4 nitrogen and oxygen atoms in total. The Morgan fingerprint density at radius 3 is 2.46 bits per heavy atom. The second-order valence-electron chi connectivity index (χ2n) is 2.30. The molecular formula is C8H12O4S. The van der Waals surface area contributed by atoms with Gasteiger partial charge in [-0.3, -0.25) is 0 Å². The van der Waals surface area contributed by atoms with Crippen molar-refractivity contribution in [2.75, 3.05) is 6.61 Å². The van der Waals surface area contributed by atoms with Crippen LogP contribution in [-0.2, 0) is 19.1 Å². The van der Waals surface area contributed by atoms with Crippen LogP contribution in [0.1, 0.15) is 13.8 Å². The largest absolute Gasteiger partial charge is 0.387 e. The van der Waals surface area contributed by atoms with E-state index in [4.69, 9.17) is 4.74 Å². The van der Waals surface area contributed by atoms with Crippen molar-refractivity contribution in [3.63, 3.8) is 0 Å². The molecule has 0 aromatic rings. The van der Waals surface area contributed by atoms with Crippen LogP contribution in [0.2, 0.25) is 0 Å². The smallest absolute Gasteiger partial charge is 0.353 e. The summed E-state index contributed by atoms with van der Waals surface area (Å²) in [4.78, 5) is 21.8. The van der Waals surface area contributed by atoms with E-state index in [1.165, 1.54) is 6.92 Å². The Hall–Kier alpha value is -0.810. The molecule has 1 atom stereocenters. The molecule has 1 unspecified atom stereocenters. The highest BCUT2D eigenvalue weighted by atomic mass is 32.1.